The Balaban J connectivity index is 1.68. The predicted octanol–water partition coefficient (Wildman–Crippen LogP) is 1.65. The minimum Gasteiger partial charge on any atom is -0.479 e. The van der Waals surface area contributed by atoms with Gasteiger partial charge in [-0.2, -0.15) is 0 Å². The molecule has 12 nitrogen and oxygen atoms in total. The van der Waals surface area contributed by atoms with Crippen LogP contribution in [-0.4, -0.2) is 73.4 Å². The van der Waals surface area contributed by atoms with E-state index in [1.54, 1.807) is 30.3 Å². The Labute approximate surface area is 206 Å². The zero-order valence-corrected chi connectivity index (χ0v) is 19.8. The van der Waals surface area contributed by atoms with Gasteiger partial charge >= 0.3 is 11.9 Å². The highest BCUT2D eigenvalue weighted by atomic mass is 16.8. The molecule has 7 unspecified atom stereocenters. The van der Waals surface area contributed by atoms with Gasteiger partial charge in [-0.1, -0.05) is 12.1 Å². The van der Waals surface area contributed by atoms with Gasteiger partial charge in [0.05, 0.1) is 20.0 Å². The summed E-state index contributed by atoms with van der Waals surface area (Å²) in [5, 5.41) is 12.2. The number of methoxy groups -OCH3 is 1. The van der Waals surface area contributed by atoms with Crippen LogP contribution >= 0.6 is 0 Å². The summed E-state index contributed by atoms with van der Waals surface area (Å²) in [6.07, 6.45) is -4.53. The first-order chi connectivity index (χ1) is 17.3. The van der Waals surface area contributed by atoms with Crippen LogP contribution in [0, 0.1) is 0 Å². The Hall–Kier alpha value is -3.45. The van der Waals surface area contributed by atoms with E-state index in [2.05, 4.69) is 5.32 Å². The number of aliphatic carboxylic acids is 1. The van der Waals surface area contributed by atoms with Crippen molar-refractivity contribution in [3.8, 4) is 5.75 Å². The lowest BCUT2D eigenvalue weighted by Gasteiger charge is -2.49. The largest absolute Gasteiger partial charge is 0.479 e. The number of fused-ring (bicyclic) bond motifs is 1. The summed E-state index contributed by atoms with van der Waals surface area (Å²) in [6.45, 7) is 2.69. The summed E-state index contributed by atoms with van der Waals surface area (Å²) in [5.74, 6) is -1.74. The number of benzene rings is 1. The van der Waals surface area contributed by atoms with E-state index in [9.17, 15) is 19.5 Å². The number of ether oxygens (including phenoxy) is 6. The van der Waals surface area contributed by atoms with E-state index < -0.39 is 60.9 Å². The maximum atomic E-state index is 12.2. The second kappa shape index (κ2) is 11.1. The first-order valence-electron chi connectivity index (χ1n) is 11.2. The van der Waals surface area contributed by atoms with Gasteiger partial charge < -0.3 is 43.3 Å². The molecule has 4 rings (SSSR count). The molecule has 2 saturated heterocycles. The van der Waals surface area contributed by atoms with E-state index in [0.717, 1.165) is 0 Å². The topological polar surface area (TPSA) is 152 Å². The number of carbonyl (C=O) groups is 3. The summed E-state index contributed by atoms with van der Waals surface area (Å²) in [5.41, 5.74) is 0.137. The van der Waals surface area contributed by atoms with Crippen LogP contribution in [0.5, 0.6) is 5.75 Å². The third-order valence-corrected chi connectivity index (χ3v) is 5.73. The van der Waals surface area contributed by atoms with E-state index in [1.807, 2.05) is 0 Å². The lowest BCUT2D eigenvalue weighted by Crippen LogP contribution is -2.68. The van der Waals surface area contributed by atoms with E-state index >= 15 is 0 Å². The molecule has 0 bridgehead atoms. The molecule has 194 valence electrons. The summed E-state index contributed by atoms with van der Waals surface area (Å²) in [6, 6.07) is 8.68. The van der Waals surface area contributed by atoms with Crippen molar-refractivity contribution in [2.24, 2.45) is 0 Å². The molecule has 0 spiro atoms. The zero-order chi connectivity index (χ0) is 25.8. The number of esters is 1. The average Bonchev–Trinajstić information content (AvgIpc) is 3.40. The monoisotopic (exact) mass is 505 g/mol. The summed E-state index contributed by atoms with van der Waals surface area (Å²) in [4.78, 5) is 36.0. The number of furan rings is 1. The average molecular weight is 505 g/mol. The summed E-state index contributed by atoms with van der Waals surface area (Å²) >= 11 is 0. The normalized spacial score (nSPS) is 28.4. The van der Waals surface area contributed by atoms with Crippen molar-refractivity contribution < 1.29 is 52.3 Å². The second-order valence-electron chi connectivity index (χ2n) is 8.24. The second-order valence-corrected chi connectivity index (χ2v) is 8.24. The van der Waals surface area contributed by atoms with Crippen LogP contribution in [0.2, 0.25) is 0 Å². The molecule has 1 aromatic carbocycles. The molecule has 1 amide bonds. The first-order valence-corrected chi connectivity index (χ1v) is 11.2. The SMILES string of the molecule is COC(=O)c1ccccc1OC1OC2COC(c3ccco3)OC2C(OC(C)C(=O)O)C1NC(C)=O. The van der Waals surface area contributed by atoms with E-state index in [1.165, 1.54) is 33.3 Å². The van der Waals surface area contributed by atoms with Crippen LogP contribution in [0.25, 0.3) is 0 Å². The van der Waals surface area contributed by atoms with Gasteiger partial charge in [-0.05, 0) is 31.2 Å². The molecular weight excluding hydrogens is 478 g/mol. The molecule has 2 aliphatic rings. The molecule has 2 aromatic rings. The molecule has 2 N–H and O–H groups in total. The number of para-hydroxylation sites is 1. The highest BCUT2D eigenvalue weighted by molar-refractivity contribution is 5.92. The Morgan fingerprint density at radius 2 is 1.92 bits per heavy atom. The third kappa shape index (κ3) is 5.51. The lowest BCUT2D eigenvalue weighted by atomic mass is 9.95. The number of carbonyl (C=O) groups excluding carboxylic acids is 2. The molecule has 7 atom stereocenters. The fraction of sp³-hybridized carbons (Fsp3) is 0.458. The molecule has 12 heteroatoms. The van der Waals surface area contributed by atoms with Crippen LogP contribution < -0.4 is 10.1 Å². The van der Waals surface area contributed by atoms with Crippen molar-refractivity contribution in [2.45, 2.75) is 56.9 Å². The Kier molecular flexibility index (Phi) is 7.89. The van der Waals surface area contributed by atoms with E-state index in [-0.39, 0.29) is 17.9 Å². The fourth-order valence-electron chi connectivity index (χ4n) is 4.06. The number of rotatable bonds is 8. The Bertz CT molecular complexity index is 1070. The number of hydrogen-bond donors (Lipinski definition) is 2. The van der Waals surface area contributed by atoms with Gasteiger partial charge in [0.25, 0.3) is 0 Å². The molecule has 2 fully saturated rings. The van der Waals surface area contributed by atoms with Crippen LogP contribution in [0.4, 0.5) is 0 Å². The van der Waals surface area contributed by atoms with Crippen molar-refractivity contribution in [2.75, 3.05) is 13.7 Å². The van der Waals surface area contributed by atoms with Crippen molar-refractivity contribution in [1.82, 2.24) is 5.32 Å². The van der Waals surface area contributed by atoms with E-state index in [4.69, 9.17) is 32.8 Å². The summed E-state index contributed by atoms with van der Waals surface area (Å²) in [7, 11) is 1.24. The van der Waals surface area contributed by atoms with Gasteiger partial charge in [-0.15, -0.1) is 0 Å². The number of hydrogen-bond acceptors (Lipinski definition) is 10. The van der Waals surface area contributed by atoms with Crippen molar-refractivity contribution in [3.05, 3.63) is 54.0 Å². The third-order valence-electron chi connectivity index (χ3n) is 5.73. The van der Waals surface area contributed by atoms with E-state index in [0.29, 0.717) is 5.76 Å². The maximum Gasteiger partial charge on any atom is 0.341 e. The molecule has 0 saturated carbocycles. The molecule has 2 aliphatic heterocycles. The standard InChI is InChI=1S/C24H27NO11/c1-12(21(27)28)33-20-18(25-13(2)26)24(34-15-8-5-4-7-14(15)22(29)30-3)35-17-11-32-23(36-19(17)20)16-9-6-10-31-16/h4-10,12,17-20,23-24H,11H2,1-3H3,(H,25,26)(H,27,28). The fourth-order valence-corrected chi connectivity index (χ4v) is 4.06. The first kappa shape index (κ1) is 25.6. The number of carboxylic acid groups (broad SMARTS) is 1. The van der Waals surface area contributed by atoms with Gasteiger partial charge in [0.2, 0.25) is 18.5 Å². The van der Waals surface area contributed by atoms with Crippen molar-refractivity contribution in [1.29, 1.82) is 0 Å². The lowest BCUT2D eigenvalue weighted by molar-refractivity contribution is -0.343. The highest BCUT2D eigenvalue weighted by Gasteiger charge is 2.53. The Morgan fingerprint density at radius 1 is 1.14 bits per heavy atom. The molecule has 3 heterocycles. The number of nitrogens with one attached hydrogen (secondary N) is 1. The molecule has 1 aromatic heterocycles. The van der Waals surface area contributed by atoms with Crippen molar-refractivity contribution in [3.63, 3.8) is 0 Å². The molecular formula is C24H27NO11. The predicted molar refractivity (Wildman–Crippen MR) is 119 cm³/mol. The molecule has 36 heavy (non-hydrogen) atoms. The van der Waals surface area contributed by atoms with Gasteiger partial charge in [0.1, 0.15) is 35.7 Å². The van der Waals surface area contributed by atoms with Gasteiger partial charge in [-0.3, -0.25) is 4.79 Å². The highest BCUT2D eigenvalue weighted by Crippen LogP contribution is 2.37. The quantitative estimate of drug-likeness (QED) is 0.504. The smallest absolute Gasteiger partial charge is 0.341 e. The van der Waals surface area contributed by atoms with Gasteiger partial charge in [-0.25, -0.2) is 9.59 Å². The zero-order valence-electron chi connectivity index (χ0n) is 19.8. The van der Waals surface area contributed by atoms with Crippen LogP contribution in [-0.2, 0) is 33.3 Å². The summed E-state index contributed by atoms with van der Waals surface area (Å²) < 4.78 is 40.1. The minimum atomic E-state index is -1.25. The van der Waals surface area contributed by atoms with Crippen LogP contribution in [0.1, 0.15) is 36.3 Å². The number of amides is 1. The van der Waals surface area contributed by atoms with Gasteiger partial charge in [0.15, 0.2) is 11.9 Å². The van der Waals surface area contributed by atoms with Crippen LogP contribution in [0.3, 0.4) is 0 Å². The molecule has 0 radical (unpaired) electrons. The maximum absolute atomic E-state index is 12.2. The van der Waals surface area contributed by atoms with Crippen molar-refractivity contribution >= 4 is 17.8 Å². The minimum absolute atomic E-state index is 0.0304. The van der Waals surface area contributed by atoms with Gasteiger partial charge in [0, 0.05) is 6.92 Å². The number of carboxylic acids is 1. The Morgan fingerprint density at radius 3 is 2.58 bits per heavy atom. The molecule has 0 aliphatic carbocycles. The van der Waals surface area contributed by atoms with Crippen LogP contribution in [0.15, 0.2) is 47.1 Å².